The zero-order chi connectivity index (χ0) is 22.7. The van der Waals surface area contributed by atoms with Crippen LogP contribution in [-0.4, -0.2) is 62.4 Å². The number of hydrogen-bond donors (Lipinski definition) is 0. The van der Waals surface area contributed by atoms with Gasteiger partial charge in [0.05, 0.1) is 5.68 Å². The minimum atomic E-state index is 0.223. The second-order valence-electron chi connectivity index (χ2n) is 6.42. The van der Waals surface area contributed by atoms with E-state index in [1.165, 1.54) is 25.9 Å². The molecule has 29 heavy (non-hydrogen) atoms. The molecular weight excluding hydrogens is 359 g/mol. The van der Waals surface area contributed by atoms with Crippen LogP contribution in [-0.2, 0) is 16.0 Å². The number of nitrogens with zero attached hydrogens (tertiary/aromatic N) is 2. The van der Waals surface area contributed by atoms with Crippen LogP contribution in [0.5, 0.6) is 0 Å². The topological polar surface area (TPSA) is 40.6 Å². The molecule has 0 aliphatic carbocycles. The highest BCUT2D eigenvalue weighted by Gasteiger charge is 2.18. The summed E-state index contributed by atoms with van der Waals surface area (Å²) < 4.78 is 0. The molecule has 2 fully saturated rings. The third-order valence-corrected chi connectivity index (χ3v) is 4.38. The van der Waals surface area contributed by atoms with Crippen molar-refractivity contribution in [2.45, 2.75) is 73.6 Å². The fourth-order valence-corrected chi connectivity index (χ4v) is 2.91. The van der Waals surface area contributed by atoms with Crippen molar-refractivity contribution < 1.29 is 9.59 Å². The Morgan fingerprint density at radius 2 is 1.34 bits per heavy atom. The van der Waals surface area contributed by atoms with Gasteiger partial charge in [-0.05, 0) is 45.0 Å². The first kappa shape index (κ1) is 29.6. The minimum absolute atomic E-state index is 0.223. The standard InChI is InChI=1S/C8H6BO.C5H9NO.C5H11N.3C2H6/c10-8-5-6-3-1-2-4-7(6)9-8;1-6-4-2-3-5(6)7;1-6-4-2-3-5-6;3*1-2/h1-4H,5H2;2-4H2,1H3;2-5H2,1H3;3*1-2H3. The lowest BCUT2D eigenvalue weighted by atomic mass is 9.71. The quantitative estimate of drug-likeness (QED) is 0.612. The summed E-state index contributed by atoms with van der Waals surface area (Å²) >= 11 is 0. The lowest BCUT2D eigenvalue weighted by Crippen LogP contribution is -2.17. The van der Waals surface area contributed by atoms with E-state index >= 15 is 0 Å². The number of carbonyl (C=O) groups is 2. The molecule has 1 amide bonds. The molecule has 2 saturated heterocycles. The largest absolute Gasteiger partial charge is 0.346 e. The van der Waals surface area contributed by atoms with Crippen LogP contribution < -0.4 is 5.46 Å². The zero-order valence-corrected chi connectivity index (χ0v) is 20.3. The number of carbonyl (C=O) groups excluding carboxylic acids is 2. The number of rotatable bonds is 0. The summed E-state index contributed by atoms with van der Waals surface area (Å²) in [4.78, 5) is 25.5. The molecular formula is C24H44BN2O2. The number of likely N-dealkylation sites (tertiary alicyclic amines) is 2. The number of hydrogen-bond acceptors (Lipinski definition) is 3. The maximum Gasteiger partial charge on any atom is 0.241 e. The SMILES string of the molecule is CC.CC.CC.CN1CCCC1.CN1CCCC1=O.O=C1[B]c2ccccc2C1. The van der Waals surface area contributed by atoms with E-state index in [2.05, 4.69) is 11.9 Å². The van der Waals surface area contributed by atoms with Crippen molar-refractivity contribution in [2.24, 2.45) is 0 Å². The third-order valence-electron chi connectivity index (χ3n) is 4.38. The van der Waals surface area contributed by atoms with Crippen molar-refractivity contribution in [2.75, 3.05) is 33.7 Å². The van der Waals surface area contributed by atoms with Gasteiger partial charge in [0.15, 0.2) is 0 Å². The van der Waals surface area contributed by atoms with Crippen molar-refractivity contribution in [3.8, 4) is 0 Å². The molecule has 0 atom stereocenters. The summed E-state index contributed by atoms with van der Waals surface area (Å²) in [6, 6.07) is 7.89. The van der Waals surface area contributed by atoms with Crippen LogP contribution in [0.25, 0.3) is 0 Å². The van der Waals surface area contributed by atoms with E-state index in [1.54, 1.807) is 12.2 Å². The predicted molar refractivity (Wildman–Crippen MR) is 128 cm³/mol. The average molecular weight is 403 g/mol. The molecule has 0 saturated carbocycles. The van der Waals surface area contributed by atoms with Crippen molar-refractivity contribution in [3.05, 3.63) is 29.8 Å². The van der Waals surface area contributed by atoms with Crippen molar-refractivity contribution in [3.63, 3.8) is 0 Å². The Bertz CT molecular complexity index is 516. The van der Waals surface area contributed by atoms with E-state index in [1.807, 2.05) is 72.9 Å². The first-order valence-electron chi connectivity index (χ1n) is 11.4. The van der Waals surface area contributed by atoms with E-state index in [-0.39, 0.29) is 5.68 Å². The summed E-state index contributed by atoms with van der Waals surface area (Å²) in [5.74, 6) is 0.292. The highest BCUT2D eigenvalue weighted by molar-refractivity contribution is 6.86. The highest BCUT2D eigenvalue weighted by Crippen LogP contribution is 2.05. The summed E-state index contributed by atoms with van der Waals surface area (Å²) in [6.45, 7) is 15.6. The summed E-state index contributed by atoms with van der Waals surface area (Å²) in [5.41, 5.74) is 2.47. The second-order valence-corrected chi connectivity index (χ2v) is 6.42. The minimum Gasteiger partial charge on any atom is -0.346 e. The molecule has 5 heteroatoms. The van der Waals surface area contributed by atoms with Gasteiger partial charge in [-0.15, -0.1) is 0 Å². The molecule has 3 aliphatic heterocycles. The molecule has 0 bridgehead atoms. The van der Waals surface area contributed by atoms with Crippen LogP contribution in [0.1, 0.15) is 72.8 Å². The molecule has 0 N–H and O–H groups in total. The smallest absolute Gasteiger partial charge is 0.241 e. The molecule has 1 radical (unpaired) electrons. The molecule has 3 heterocycles. The first-order chi connectivity index (χ1) is 14.1. The molecule has 3 aliphatic rings. The van der Waals surface area contributed by atoms with Gasteiger partial charge >= 0.3 is 0 Å². The Morgan fingerprint density at radius 3 is 1.69 bits per heavy atom. The highest BCUT2D eigenvalue weighted by atomic mass is 16.2. The zero-order valence-electron chi connectivity index (χ0n) is 20.3. The Morgan fingerprint density at radius 1 is 0.793 bits per heavy atom. The van der Waals surface area contributed by atoms with E-state index in [0.29, 0.717) is 12.3 Å². The lowest BCUT2D eigenvalue weighted by molar-refractivity contribution is -0.126. The summed E-state index contributed by atoms with van der Waals surface area (Å²) in [6.07, 6.45) is 5.23. The van der Waals surface area contributed by atoms with E-state index in [9.17, 15) is 9.59 Å². The van der Waals surface area contributed by atoms with E-state index in [4.69, 9.17) is 0 Å². The molecule has 0 aromatic heterocycles. The number of amides is 1. The van der Waals surface area contributed by atoms with Crippen LogP contribution in [0.15, 0.2) is 24.3 Å². The molecule has 4 rings (SSSR count). The maximum atomic E-state index is 10.8. The molecule has 0 spiro atoms. The van der Waals surface area contributed by atoms with Crippen LogP contribution >= 0.6 is 0 Å². The summed E-state index contributed by atoms with van der Waals surface area (Å²) in [5, 5.41) is 0. The van der Waals surface area contributed by atoms with Gasteiger partial charge in [-0.25, -0.2) is 0 Å². The molecule has 0 unspecified atom stereocenters. The number of benzene rings is 1. The van der Waals surface area contributed by atoms with Gasteiger partial charge in [0.1, 0.15) is 0 Å². The normalized spacial score (nSPS) is 16.1. The van der Waals surface area contributed by atoms with Gasteiger partial charge < -0.3 is 14.6 Å². The van der Waals surface area contributed by atoms with Gasteiger partial charge in [0.25, 0.3) is 0 Å². The Hall–Kier alpha value is -1.62. The van der Waals surface area contributed by atoms with E-state index < -0.39 is 0 Å². The van der Waals surface area contributed by atoms with Crippen LogP contribution in [0, 0.1) is 0 Å². The van der Waals surface area contributed by atoms with Crippen LogP contribution in [0.2, 0.25) is 0 Å². The Labute approximate surface area is 181 Å². The molecule has 4 nitrogen and oxygen atoms in total. The lowest BCUT2D eigenvalue weighted by Gasteiger charge is -2.03. The molecule has 1 aromatic carbocycles. The monoisotopic (exact) mass is 403 g/mol. The van der Waals surface area contributed by atoms with Gasteiger partial charge in [-0.1, -0.05) is 71.3 Å². The number of fused-ring (bicyclic) bond motifs is 1. The van der Waals surface area contributed by atoms with Gasteiger partial charge in [-0.2, -0.15) is 0 Å². The molecule has 165 valence electrons. The van der Waals surface area contributed by atoms with Crippen molar-refractivity contribution in [1.82, 2.24) is 9.80 Å². The maximum absolute atomic E-state index is 10.8. The van der Waals surface area contributed by atoms with Crippen molar-refractivity contribution in [1.29, 1.82) is 0 Å². The van der Waals surface area contributed by atoms with Gasteiger partial charge in [0.2, 0.25) is 13.2 Å². The average Bonchev–Trinajstić information content (AvgIpc) is 3.49. The van der Waals surface area contributed by atoms with Crippen LogP contribution in [0.4, 0.5) is 0 Å². The van der Waals surface area contributed by atoms with Gasteiger partial charge in [0, 0.05) is 26.4 Å². The van der Waals surface area contributed by atoms with Crippen molar-refractivity contribution >= 4 is 24.3 Å². The summed E-state index contributed by atoms with van der Waals surface area (Å²) in [7, 11) is 5.72. The fraction of sp³-hybridized carbons (Fsp3) is 0.667. The predicted octanol–water partition coefficient (Wildman–Crippen LogP) is 4.13. The van der Waals surface area contributed by atoms with Crippen LogP contribution in [0.3, 0.4) is 0 Å². The molecule has 1 aromatic rings. The Balaban J connectivity index is 0. The first-order valence-corrected chi connectivity index (χ1v) is 11.4. The fourth-order valence-electron chi connectivity index (χ4n) is 2.91. The van der Waals surface area contributed by atoms with E-state index in [0.717, 1.165) is 30.4 Å². The second kappa shape index (κ2) is 19.7. The van der Waals surface area contributed by atoms with Gasteiger partial charge in [-0.3, -0.25) is 4.79 Å². The Kier molecular flexibility index (Phi) is 20.1. The third kappa shape index (κ3) is 13.3.